The highest BCUT2D eigenvalue weighted by Crippen LogP contribution is 2.19. The maximum absolute atomic E-state index is 10.6. The van der Waals surface area contributed by atoms with Crippen LogP contribution in [-0.2, 0) is 0 Å². The Morgan fingerprint density at radius 1 is 1.50 bits per heavy atom. The number of benzene rings is 1. The maximum Gasteiger partial charge on any atom is 0.335 e. The van der Waals surface area contributed by atoms with Gasteiger partial charge in [-0.2, -0.15) is 4.37 Å². The number of hydrogen-bond acceptors (Lipinski definition) is 3. The van der Waals surface area contributed by atoms with Crippen LogP contribution in [-0.4, -0.2) is 15.4 Å². The summed E-state index contributed by atoms with van der Waals surface area (Å²) in [6, 6.07) is 4.98. The second kappa shape index (κ2) is 2.57. The number of fused-ring (bicyclic) bond motifs is 1. The van der Waals surface area contributed by atoms with Gasteiger partial charge in [-0.25, -0.2) is 4.79 Å². The maximum atomic E-state index is 10.6. The van der Waals surface area contributed by atoms with Gasteiger partial charge in [0.1, 0.15) is 0 Å². The quantitative estimate of drug-likeness (QED) is 0.728. The number of aromatic nitrogens is 1. The Kier molecular flexibility index (Phi) is 1.55. The van der Waals surface area contributed by atoms with Crippen LogP contribution >= 0.6 is 11.5 Å². The van der Waals surface area contributed by atoms with Crippen LogP contribution in [0.5, 0.6) is 0 Å². The number of rotatable bonds is 1. The molecule has 2 rings (SSSR count). The van der Waals surface area contributed by atoms with Crippen LogP contribution in [0.4, 0.5) is 0 Å². The first-order valence-corrected chi connectivity index (χ1v) is 4.12. The molecule has 1 aromatic carbocycles. The lowest BCUT2D eigenvalue weighted by molar-refractivity contribution is 0.0697. The summed E-state index contributed by atoms with van der Waals surface area (Å²) in [6.45, 7) is 0. The summed E-state index contributed by atoms with van der Waals surface area (Å²) in [7, 11) is 0. The van der Waals surface area contributed by atoms with Crippen molar-refractivity contribution in [3.63, 3.8) is 0 Å². The SMILES string of the molecule is O=C(O)c1ccc2cnsc2c1. The number of hydrogen-bond donors (Lipinski definition) is 1. The summed E-state index contributed by atoms with van der Waals surface area (Å²) in [4.78, 5) is 10.6. The Labute approximate surface area is 72.4 Å². The van der Waals surface area contributed by atoms with Crippen molar-refractivity contribution in [2.45, 2.75) is 0 Å². The molecule has 4 heteroatoms. The number of carboxylic acid groups (broad SMARTS) is 1. The first-order valence-electron chi connectivity index (χ1n) is 3.35. The highest BCUT2D eigenvalue weighted by Gasteiger charge is 2.03. The number of aromatic carboxylic acids is 1. The first-order chi connectivity index (χ1) is 5.77. The van der Waals surface area contributed by atoms with E-state index < -0.39 is 5.97 Å². The van der Waals surface area contributed by atoms with Gasteiger partial charge in [-0.1, -0.05) is 6.07 Å². The standard InChI is InChI=1S/C8H5NO2S/c10-8(11)5-1-2-6-4-9-12-7(6)3-5/h1-4H,(H,10,11). The predicted molar refractivity (Wildman–Crippen MR) is 46.6 cm³/mol. The normalized spacial score (nSPS) is 10.3. The number of nitrogens with zero attached hydrogens (tertiary/aromatic N) is 1. The number of carboxylic acids is 1. The average Bonchev–Trinajstić information content (AvgIpc) is 2.49. The van der Waals surface area contributed by atoms with Crippen LogP contribution in [0.2, 0.25) is 0 Å². The molecule has 0 spiro atoms. The lowest BCUT2D eigenvalue weighted by atomic mass is 10.2. The highest BCUT2D eigenvalue weighted by atomic mass is 32.1. The Morgan fingerprint density at radius 2 is 2.33 bits per heavy atom. The Morgan fingerprint density at radius 3 is 3.08 bits per heavy atom. The molecular weight excluding hydrogens is 174 g/mol. The van der Waals surface area contributed by atoms with Crippen LogP contribution in [0.25, 0.3) is 10.1 Å². The minimum Gasteiger partial charge on any atom is -0.478 e. The summed E-state index contributed by atoms with van der Waals surface area (Å²) in [5.74, 6) is -0.898. The average molecular weight is 179 g/mol. The van der Waals surface area contributed by atoms with Crippen molar-refractivity contribution in [1.29, 1.82) is 0 Å². The Balaban J connectivity index is 2.68. The fourth-order valence-corrected chi connectivity index (χ4v) is 1.68. The van der Waals surface area contributed by atoms with Crippen molar-refractivity contribution in [2.75, 3.05) is 0 Å². The molecule has 60 valence electrons. The van der Waals surface area contributed by atoms with Gasteiger partial charge >= 0.3 is 5.97 Å². The first kappa shape index (κ1) is 7.24. The fraction of sp³-hybridized carbons (Fsp3) is 0. The van der Waals surface area contributed by atoms with E-state index >= 15 is 0 Å². The molecule has 0 aliphatic carbocycles. The molecule has 0 radical (unpaired) electrons. The Hall–Kier alpha value is -1.42. The third kappa shape index (κ3) is 1.06. The minimum absolute atomic E-state index is 0.312. The van der Waals surface area contributed by atoms with Gasteiger partial charge in [0.25, 0.3) is 0 Å². The molecule has 3 nitrogen and oxygen atoms in total. The Bertz CT molecular complexity index is 435. The van der Waals surface area contributed by atoms with E-state index in [0.29, 0.717) is 5.56 Å². The van der Waals surface area contributed by atoms with Crippen molar-refractivity contribution in [2.24, 2.45) is 0 Å². The van der Waals surface area contributed by atoms with Gasteiger partial charge in [0, 0.05) is 11.6 Å². The monoisotopic (exact) mass is 179 g/mol. The smallest absolute Gasteiger partial charge is 0.335 e. The van der Waals surface area contributed by atoms with E-state index in [1.54, 1.807) is 24.4 Å². The minimum atomic E-state index is -0.898. The van der Waals surface area contributed by atoms with Crippen LogP contribution in [0.15, 0.2) is 24.4 Å². The third-order valence-corrected chi connectivity index (χ3v) is 2.36. The molecule has 0 aliphatic heterocycles. The van der Waals surface area contributed by atoms with Crippen LogP contribution < -0.4 is 0 Å². The van der Waals surface area contributed by atoms with Crippen molar-refractivity contribution in [3.05, 3.63) is 30.0 Å². The molecule has 1 N–H and O–H groups in total. The van der Waals surface area contributed by atoms with E-state index in [9.17, 15) is 4.79 Å². The molecular formula is C8H5NO2S. The van der Waals surface area contributed by atoms with E-state index in [2.05, 4.69) is 4.37 Å². The van der Waals surface area contributed by atoms with Crippen LogP contribution in [0, 0.1) is 0 Å². The molecule has 0 fully saturated rings. The lowest BCUT2D eigenvalue weighted by Crippen LogP contribution is -1.94. The predicted octanol–water partition coefficient (Wildman–Crippen LogP) is 1.99. The van der Waals surface area contributed by atoms with Gasteiger partial charge in [-0.3, -0.25) is 0 Å². The van der Waals surface area contributed by atoms with Crippen molar-refractivity contribution in [3.8, 4) is 0 Å². The third-order valence-electron chi connectivity index (χ3n) is 1.60. The molecule has 1 aromatic heterocycles. The summed E-state index contributed by atoms with van der Waals surface area (Å²) < 4.78 is 4.86. The van der Waals surface area contributed by atoms with E-state index in [1.807, 2.05) is 0 Å². The largest absolute Gasteiger partial charge is 0.478 e. The highest BCUT2D eigenvalue weighted by molar-refractivity contribution is 7.13. The van der Waals surface area contributed by atoms with E-state index in [1.165, 1.54) is 11.5 Å². The molecule has 0 saturated carbocycles. The summed E-state index contributed by atoms with van der Waals surface area (Å²) in [5, 5.41) is 9.66. The summed E-state index contributed by atoms with van der Waals surface area (Å²) in [6.07, 6.45) is 1.73. The van der Waals surface area contributed by atoms with E-state index in [0.717, 1.165) is 10.1 Å². The molecule has 1 heterocycles. The molecule has 0 atom stereocenters. The van der Waals surface area contributed by atoms with Gasteiger partial charge in [-0.05, 0) is 23.7 Å². The van der Waals surface area contributed by atoms with Crippen molar-refractivity contribution < 1.29 is 9.90 Å². The van der Waals surface area contributed by atoms with Crippen molar-refractivity contribution >= 4 is 27.6 Å². The molecule has 0 amide bonds. The zero-order valence-electron chi connectivity index (χ0n) is 6.02. The summed E-state index contributed by atoms with van der Waals surface area (Å²) >= 11 is 1.31. The second-order valence-corrected chi connectivity index (χ2v) is 3.22. The van der Waals surface area contributed by atoms with Gasteiger partial charge in [0.05, 0.1) is 10.3 Å². The zero-order valence-corrected chi connectivity index (χ0v) is 6.84. The molecule has 12 heavy (non-hydrogen) atoms. The molecule has 0 bridgehead atoms. The van der Waals surface area contributed by atoms with Crippen LogP contribution in [0.1, 0.15) is 10.4 Å². The lowest BCUT2D eigenvalue weighted by Gasteiger charge is -1.91. The van der Waals surface area contributed by atoms with E-state index in [4.69, 9.17) is 5.11 Å². The zero-order chi connectivity index (χ0) is 8.55. The van der Waals surface area contributed by atoms with Gasteiger partial charge in [-0.15, -0.1) is 0 Å². The fourth-order valence-electron chi connectivity index (χ4n) is 0.993. The van der Waals surface area contributed by atoms with Crippen molar-refractivity contribution in [1.82, 2.24) is 4.37 Å². The molecule has 0 unspecified atom stereocenters. The second-order valence-electron chi connectivity index (χ2n) is 2.38. The summed E-state index contributed by atoms with van der Waals surface area (Å²) in [5.41, 5.74) is 0.312. The van der Waals surface area contributed by atoms with Gasteiger partial charge < -0.3 is 5.11 Å². The molecule has 2 aromatic rings. The van der Waals surface area contributed by atoms with Gasteiger partial charge in [0.15, 0.2) is 0 Å². The number of carbonyl (C=O) groups is 1. The topological polar surface area (TPSA) is 50.2 Å². The van der Waals surface area contributed by atoms with Gasteiger partial charge in [0.2, 0.25) is 0 Å². The molecule has 0 saturated heterocycles. The van der Waals surface area contributed by atoms with E-state index in [-0.39, 0.29) is 0 Å². The van der Waals surface area contributed by atoms with Crippen LogP contribution in [0.3, 0.4) is 0 Å². The molecule has 0 aliphatic rings.